The van der Waals surface area contributed by atoms with Gasteiger partial charge in [0.25, 0.3) is 0 Å². The first kappa shape index (κ1) is 22.8. The summed E-state index contributed by atoms with van der Waals surface area (Å²) < 4.78 is 6.72. The second-order valence-electron chi connectivity index (χ2n) is 8.94. The van der Waals surface area contributed by atoms with E-state index in [2.05, 4.69) is 59.6 Å². The third kappa shape index (κ3) is 5.23. The number of methoxy groups -OCH3 is 1. The lowest BCUT2D eigenvalue weighted by Crippen LogP contribution is -2.53. The number of allylic oxidation sites excluding steroid dienone is 3. The Kier molecular flexibility index (Phi) is 7.24. The fourth-order valence-corrected chi connectivity index (χ4v) is 7.36. The third-order valence-electron chi connectivity index (χ3n) is 6.53. The summed E-state index contributed by atoms with van der Waals surface area (Å²) in [6, 6.07) is 11.4. The SMILES string of the molecule is CCCc1cc2c(s1)SC1=C(CCC=C1)N=C2N1CCN[C@@H](CCc2ccc(OC)cc2)C1. The van der Waals surface area contributed by atoms with Crippen LogP contribution in [-0.2, 0) is 12.8 Å². The molecule has 0 radical (unpaired) electrons. The van der Waals surface area contributed by atoms with Crippen molar-refractivity contribution in [1.29, 1.82) is 0 Å². The van der Waals surface area contributed by atoms with E-state index in [0.29, 0.717) is 6.04 Å². The number of thiophene rings is 1. The van der Waals surface area contributed by atoms with Gasteiger partial charge in [0.05, 0.1) is 17.0 Å². The first-order valence-electron chi connectivity index (χ1n) is 12.1. The van der Waals surface area contributed by atoms with Gasteiger partial charge in [-0.2, -0.15) is 0 Å². The fourth-order valence-electron chi connectivity index (χ4n) is 4.73. The summed E-state index contributed by atoms with van der Waals surface area (Å²) in [6.07, 6.45) is 11.3. The molecule has 1 aromatic carbocycles. The molecule has 3 aliphatic rings. The average molecular weight is 480 g/mol. The molecular weight excluding hydrogens is 446 g/mol. The molecule has 6 heteroatoms. The Morgan fingerprint density at radius 3 is 2.91 bits per heavy atom. The molecule has 1 fully saturated rings. The van der Waals surface area contributed by atoms with Gasteiger partial charge in [-0.25, -0.2) is 4.99 Å². The number of nitrogens with one attached hydrogen (secondary N) is 1. The number of thioether (sulfide) groups is 1. The van der Waals surface area contributed by atoms with Crippen molar-refractivity contribution in [3.63, 3.8) is 0 Å². The summed E-state index contributed by atoms with van der Waals surface area (Å²) in [5.74, 6) is 2.12. The standard InChI is InChI=1S/C27H33N3OS2/c1-3-6-22-17-23-26(29-24-7-4-5-8-25(24)33-27(23)32-22)30-16-15-28-20(18-30)12-9-19-10-13-21(31-2)14-11-19/h5,8,10-11,13-14,17,20,28H,3-4,6-7,9,12,15-16,18H2,1-2H3/t20-/m0/s1. The third-order valence-corrected chi connectivity index (χ3v) is 9.01. The maximum Gasteiger partial charge on any atom is 0.138 e. The molecule has 1 aromatic heterocycles. The van der Waals surface area contributed by atoms with E-state index in [0.717, 1.165) is 57.5 Å². The zero-order valence-electron chi connectivity index (χ0n) is 19.6. The van der Waals surface area contributed by atoms with Gasteiger partial charge in [-0.15, -0.1) is 11.3 Å². The van der Waals surface area contributed by atoms with Crippen molar-refractivity contribution in [3.05, 3.63) is 69.1 Å². The highest BCUT2D eigenvalue weighted by Crippen LogP contribution is 2.44. The minimum absolute atomic E-state index is 0.469. The molecule has 1 saturated heterocycles. The van der Waals surface area contributed by atoms with Crippen LogP contribution in [0.1, 0.15) is 48.6 Å². The van der Waals surface area contributed by atoms with Gasteiger partial charge in [0.1, 0.15) is 11.6 Å². The number of amidine groups is 1. The molecule has 5 rings (SSSR count). The van der Waals surface area contributed by atoms with E-state index in [9.17, 15) is 0 Å². The molecule has 2 aromatic rings. The predicted octanol–water partition coefficient (Wildman–Crippen LogP) is 6.03. The minimum atomic E-state index is 0.469. The number of fused-ring (bicyclic) bond motifs is 1. The maximum absolute atomic E-state index is 5.32. The highest BCUT2D eigenvalue weighted by Gasteiger charge is 2.29. The lowest BCUT2D eigenvalue weighted by Gasteiger charge is -2.36. The summed E-state index contributed by atoms with van der Waals surface area (Å²) in [7, 11) is 1.72. The number of ether oxygens (including phenoxy) is 1. The van der Waals surface area contributed by atoms with Crippen LogP contribution >= 0.6 is 23.1 Å². The van der Waals surface area contributed by atoms with E-state index >= 15 is 0 Å². The number of piperazine rings is 1. The van der Waals surface area contributed by atoms with Gasteiger partial charge in [-0.3, -0.25) is 0 Å². The lowest BCUT2D eigenvalue weighted by atomic mass is 10.0. The van der Waals surface area contributed by atoms with Crippen LogP contribution in [0.5, 0.6) is 5.75 Å². The number of aryl methyl sites for hydroxylation is 2. The molecule has 0 amide bonds. The first-order chi connectivity index (χ1) is 16.2. The van der Waals surface area contributed by atoms with Crippen molar-refractivity contribution in [2.75, 3.05) is 26.7 Å². The van der Waals surface area contributed by atoms with E-state index in [-0.39, 0.29) is 0 Å². The lowest BCUT2D eigenvalue weighted by molar-refractivity contribution is 0.281. The number of hydrogen-bond donors (Lipinski definition) is 1. The van der Waals surface area contributed by atoms with Crippen molar-refractivity contribution in [2.24, 2.45) is 4.99 Å². The maximum atomic E-state index is 5.32. The van der Waals surface area contributed by atoms with Crippen molar-refractivity contribution in [3.8, 4) is 5.75 Å². The summed E-state index contributed by atoms with van der Waals surface area (Å²) in [6.45, 7) is 5.30. The van der Waals surface area contributed by atoms with Gasteiger partial charge >= 0.3 is 0 Å². The van der Waals surface area contributed by atoms with Crippen LogP contribution in [0.15, 0.2) is 62.3 Å². The topological polar surface area (TPSA) is 36.9 Å². The van der Waals surface area contributed by atoms with Gasteiger partial charge in [0.15, 0.2) is 0 Å². The normalized spacial score (nSPS) is 20.2. The van der Waals surface area contributed by atoms with Crippen LogP contribution in [0, 0.1) is 0 Å². The van der Waals surface area contributed by atoms with E-state index in [1.54, 1.807) is 7.11 Å². The van der Waals surface area contributed by atoms with Crippen molar-refractivity contribution >= 4 is 28.9 Å². The Labute approximate surface area is 205 Å². The number of hydrogen-bond acceptors (Lipinski definition) is 6. The highest BCUT2D eigenvalue weighted by atomic mass is 32.2. The van der Waals surface area contributed by atoms with Crippen molar-refractivity contribution in [2.45, 2.75) is 55.7 Å². The molecule has 33 heavy (non-hydrogen) atoms. The smallest absolute Gasteiger partial charge is 0.138 e. The highest BCUT2D eigenvalue weighted by molar-refractivity contribution is 8.05. The molecule has 0 bridgehead atoms. The van der Waals surface area contributed by atoms with Gasteiger partial charge in [-0.05, 0) is 55.9 Å². The minimum Gasteiger partial charge on any atom is -0.497 e. The molecule has 3 heterocycles. The van der Waals surface area contributed by atoms with Crippen molar-refractivity contribution in [1.82, 2.24) is 10.2 Å². The molecule has 4 nitrogen and oxygen atoms in total. The Hall–Kier alpha value is -2.02. The molecule has 1 N–H and O–H groups in total. The van der Waals surface area contributed by atoms with Crippen LogP contribution in [0.4, 0.5) is 0 Å². The Balaban J connectivity index is 1.35. The Morgan fingerprint density at radius 2 is 2.09 bits per heavy atom. The van der Waals surface area contributed by atoms with Crippen molar-refractivity contribution < 1.29 is 4.74 Å². The second-order valence-corrected chi connectivity index (χ2v) is 11.4. The molecule has 2 aliphatic heterocycles. The van der Waals surface area contributed by atoms with E-state index in [4.69, 9.17) is 9.73 Å². The fraction of sp³-hybridized carbons (Fsp3) is 0.444. The van der Waals surface area contributed by atoms with Crippen LogP contribution in [0.3, 0.4) is 0 Å². The summed E-state index contributed by atoms with van der Waals surface area (Å²) in [5, 5.41) is 3.76. The molecule has 1 atom stereocenters. The van der Waals surface area contributed by atoms with Crippen LogP contribution < -0.4 is 10.1 Å². The summed E-state index contributed by atoms with van der Waals surface area (Å²) in [5.41, 5.74) is 3.99. The quantitative estimate of drug-likeness (QED) is 0.549. The van der Waals surface area contributed by atoms with E-state index in [1.165, 1.54) is 43.1 Å². The molecule has 174 valence electrons. The van der Waals surface area contributed by atoms with Gasteiger partial charge in [-0.1, -0.05) is 49.4 Å². The second kappa shape index (κ2) is 10.5. The number of rotatable bonds is 6. The number of benzene rings is 1. The monoisotopic (exact) mass is 479 g/mol. The molecule has 0 unspecified atom stereocenters. The van der Waals surface area contributed by atoms with Gasteiger partial charge < -0.3 is 15.0 Å². The van der Waals surface area contributed by atoms with Gasteiger partial charge in [0.2, 0.25) is 0 Å². The van der Waals surface area contributed by atoms with Crippen LogP contribution in [0.25, 0.3) is 0 Å². The predicted molar refractivity (Wildman–Crippen MR) is 141 cm³/mol. The number of nitrogens with zero attached hydrogens (tertiary/aromatic N) is 2. The van der Waals surface area contributed by atoms with Crippen LogP contribution in [0.2, 0.25) is 0 Å². The van der Waals surface area contributed by atoms with Crippen LogP contribution in [-0.4, -0.2) is 43.5 Å². The van der Waals surface area contributed by atoms with E-state index < -0.39 is 0 Å². The Bertz CT molecular complexity index is 1070. The average Bonchev–Trinajstić information content (AvgIpc) is 3.17. The molecule has 1 aliphatic carbocycles. The number of aliphatic imine (C=N–C) groups is 1. The summed E-state index contributed by atoms with van der Waals surface area (Å²) in [4.78, 5) is 10.7. The molecule has 0 saturated carbocycles. The van der Waals surface area contributed by atoms with Gasteiger partial charge in [0, 0.05) is 41.0 Å². The largest absolute Gasteiger partial charge is 0.497 e. The molecule has 0 spiro atoms. The Morgan fingerprint density at radius 1 is 1.21 bits per heavy atom. The molecular formula is C27H33N3OS2. The zero-order chi connectivity index (χ0) is 22.6. The first-order valence-corrected chi connectivity index (χ1v) is 13.8. The van der Waals surface area contributed by atoms with E-state index in [1.807, 2.05) is 23.1 Å². The zero-order valence-corrected chi connectivity index (χ0v) is 21.2. The summed E-state index contributed by atoms with van der Waals surface area (Å²) >= 11 is 3.90.